The first-order valence-corrected chi connectivity index (χ1v) is 7.31. The van der Waals surface area contributed by atoms with Crippen LogP contribution in [0.25, 0.3) is 0 Å². The van der Waals surface area contributed by atoms with Crippen LogP contribution in [0.1, 0.15) is 15.9 Å². The minimum absolute atomic E-state index is 0.0308. The molecule has 0 amide bonds. The van der Waals surface area contributed by atoms with Crippen molar-refractivity contribution in [3.8, 4) is 0 Å². The molecule has 1 N–H and O–H groups in total. The average Bonchev–Trinajstić information content (AvgIpc) is 2.41. The van der Waals surface area contributed by atoms with Crippen molar-refractivity contribution >= 4 is 40.9 Å². The van der Waals surface area contributed by atoms with E-state index in [1.807, 2.05) is 0 Å². The summed E-state index contributed by atoms with van der Waals surface area (Å²) < 4.78 is 13.7. The zero-order valence-electron chi connectivity index (χ0n) is 10.1. The van der Waals surface area contributed by atoms with E-state index in [1.165, 1.54) is 30.0 Å². The number of benzene rings is 2. The van der Waals surface area contributed by atoms with E-state index < -0.39 is 11.8 Å². The lowest BCUT2D eigenvalue weighted by atomic mass is 10.2. The fourth-order valence-corrected chi connectivity index (χ4v) is 2.88. The van der Waals surface area contributed by atoms with Crippen LogP contribution in [-0.4, -0.2) is 11.1 Å². The summed E-state index contributed by atoms with van der Waals surface area (Å²) in [6, 6.07) is 9.48. The van der Waals surface area contributed by atoms with Gasteiger partial charge in [-0.2, -0.15) is 0 Å². The number of aromatic carboxylic acids is 1. The van der Waals surface area contributed by atoms with Gasteiger partial charge in [0.1, 0.15) is 5.82 Å². The second-order valence-electron chi connectivity index (χ2n) is 3.95. The predicted octanol–water partition coefficient (Wildman–Crippen LogP) is 5.12. The quantitative estimate of drug-likeness (QED) is 0.790. The minimum Gasteiger partial charge on any atom is -0.478 e. The monoisotopic (exact) mass is 330 g/mol. The van der Waals surface area contributed by atoms with Crippen molar-refractivity contribution in [3.05, 3.63) is 63.4 Å². The molecule has 2 aromatic carbocycles. The third kappa shape index (κ3) is 3.45. The van der Waals surface area contributed by atoms with E-state index in [9.17, 15) is 9.18 Å². The van der Waals surface area contributed by atoms with Crippen LogP contribution in [0.4, 0.5) is 4.39 Å². The molecule has 0 saturated heterocycles. The van der Waals surface area contributed by atoms with Crippen molar-refractivity contribution in [1.82, 2.24) is 0 Å². The van der Waals surface area contributed by atoms with Gasteiger partial charge in [0, 0.05) is 10.6 Å². The number of carboxylic acid groups (broad SMARTS) is 1. The fourth-order valence-electron chi connectivity index (χ4n) is 1.58. The SMILES string of the molecule is O=C(O)c1cc(SCc2cccc(Cl)c2F)ccc1Cl. The molecule has 0 atom stereocenters. The van der Waals surface area contributed by atoms with Gasteiger partial charge < -0.3 is 5.11 Å². The van der Waals surface area contributed by atoms with E-state index in [1.54, 1.807) is 18.2 Å². The molecule has 0 aliphatic heterocycles. The predicted molar refractivity (Wildman–Crippen MR) is 79.4 cm³/mol. The van der Waals surface area contributed by atoms with Gasteiger partial charge in [0.2, 0.25) is 0 Å². The molecule has 0 heterocycles. The summed E-state index contributed by atoms with van der Waals surface area (Å²) in [7, 11) is 0. The summed E-state index contributed by atoms with van der Waals surface area (Å²) in [5.74, 6) is -1.19. The lowest BCUT2D eigenvalue weighted by molar-refractivity contribution is 0.0697. The molecule has 0 saturated carbocycles. The number of hydrogen-bond donors (Lipinski definition) is 1. The lowest BCUT2D eigenvalue weighted by Gasteiger charge is -2.06. The fraction of sp³-hybridized carbons (Fsp3) is 0.0714. The molecule has 2 rings (SSSR count). The number of halogens is 3. The number of hydrogen-bond acceptors (Lipinski definition) is 2. The third-order valence-corrected chi connectivity index (χ3v) is 4.26. The van der Waals surface area contributed by atoms with Gasteiger partial charge in [0.25, 0.3) is 0 Å². The molecule has 104 valence electrons. The molecule has 6 heteroatoms. The Balaban J connectivity index is 2.17. The van der Waals surface area contributed by atoms with Crippen LogP contribution in [0.5, 0.6) is 0 Å². The maximum absolute atomic E-state index is 13.7. The minimum atomic E-state index is -1.09. The summed E-state index contributed by atoms with van der Waals surface area (Å²) in [5, 5.41) is 9.24. The van der Waals surface area contributed by atoms with Gasteiger partial charge >= 0.3 is 5.97 Å². The van der Waals surface area contributed by atoms with Crippen molar-refractivity contribution < 1.29 is 14.3 Å². The first-order valence-electron chi connectivity index (χ1n) is 5.57. The highest BCUT2D eigenvalue weighted by molar-refractivity contribution is 7.98. The summed E-state index contributed by atoms with van der Waals surface area (Å²) in [6.07, 6.45) is 0. The Hall–Kier alpha value is -1.23. The lowest BCUT2D eigenvalue weighted by Crippen LogP contribution is -1.97. The molecule has 0 bridgehead atoms. The van der Waals surface area contributed by atoms with Crippen molar-refractivity contribution in [3.63, 3.8) is 0 Å². The van der Waals surface area contributed by atoms with Gasteiger partial charge in [-0.05, 0) is 29.8 Å². The highest BCUT2D eigenvalue weighted by Crippen LogP contribution is 2.29. The van der Waals surface area contributed by atoms with Gasteiger partial charge in [-0.25, -0.2) is 9.18 Å². The number of thioether (sulfide) groups is 1. The largest absolute Gasteiger partial charge is 0.478 e. The topological polar surface area (TPSA) is 37.3 Å². The Morgan fingerprint density at radius 1 is 1.20 bits per heavy atom. The van der Waals surface area contributed by atoms with E-state index >= 15 is 0 Å². The Bertz CT molecular complexity index is 662. The van der Waals surface area contributed by atoms with Crippen LogP contribution in [0, 0.1) is 5.82 Å². The molecule has 2 aromatic rings. The highest BCUT2D eigenvalue weighted by Gasteiger charge is 2.11. The first-order chi connectivity index (χ1) is 9.49. The van der Waals surface area contributed by atoms with Crippen LogP contribution < -0.4 is 0 Å². The van der Waals surface area contributed by atoms with E-state index in [-0.39, 0.29) is 15.6 Å². The van der Waals surface area contributed by atoms with Crippen molar-refractivity contribution in [2.24, 2.45) is 0 Å². The Labute approximate surface area is 129 Å². The zero-order valence-corrected chi connectivity index (χ0v) is 12.4. The van der Waals surface area contributed by atoms with Crippen LogP contribution >= 0.6 is 35.0 Å². The van der Waals surface area contributed by atoms with Crippen LogP contribution in [0.15, 0.2) is 41.3 Å². The molecule has 0 aliphatic rings. The standard InChI is InChI=1S/C14H9Cl2FO2S/c15-11-5-4-9(6-10(11)14(18)19)20-7-8-2-1-3-12(16)13(8)17/h1-6H,7H2,(H,18,19). The van der Waals surface area contributed by atoms with Gasteiger partial charge in [-0.1, -0.05) is 35.3 Å². The van der Waals surface area contributed by atoms with Gasteiger partial charge in [0.15, 0.2) is 0 Å². The van der Waals surface area contributed by atoms with E-state index in [2.05, 4.69) is 0 Å². The van der Waals surface area contributed by atoms with Gasteiger partial charge in [0.05, 0.1) is 15.6 Å². The molecule has 0 unspecified atom stereocenters. The molecule has 0 aromatic heterocycles. The first kappa shape index (κ1) is 15.2. The smallest absolute Gasteiger partial charge is 0.337 e. The van der Waals surface area contributed by atoms with Crippen molar-refractivity contribution in [2.45, 2.75) is 10.6 Å². The zero-order chi connectivity index (χ0) is 14.7. The second-order valence-corrected chi connectivity index (χ2v) is 5.81. The maximum Gasteiger partial charge on any atom is 0.337 e. The number of carboxylic acids is 1. The average molecular weight is 331 g/mol. The molecular weight excluding hydrogens is 322 g/mol. The number of rotatable bonds is 4. The number of carbonyl (C=O) groups is 1. The summed E-state index contributed by atoms with van der Waals surface area (Å²) in [6.45, 7) is 0. The molecule has 0 aliphatic carbocycles. The summed E-state index contributed by atoms with van der Waals surface area (Å²) >= 11 is 12.8. The Morgan fingerprint density at radius 2 is 1.95 bits per heavy atom. The maximum atomic E-state index is 13.7. The second kappa shape index (κ2) is 6.48. The normalized spacial score (nSPS) is 10.6. The van der Waals surface area contributed by atoms with Crippen LogP contribution in [0.2, 0.25) is 10.0 Å². The Kier molecular flexibility index (Phi) is 4.91. The third-order valence-electron chi connectivity index (χ3n) is 2.59. The highest BCUT2D eigenvalue weighted by atomic mass is 35.5. The van der Waals surface area contributed by atoms with Crippen molar-refractivity contribution in [1.29, 1.82) is 0 Å². The molecule has 2 nitrogen and oxygen atoms in total. The van der Waals surface area contributed by atoms with E-state index in [0.29, 0.717) is 16.2 Å². The molecule has 0 radical (unpaired) electrons. The molecule has 0 spiro atoms. The summed E-state index contributed by atoms with van der Waals surface area (Å²) in [4.78, 5) is 11.7. The molecule has 20 heavy (non-hydrogen) atoms. The van der Waals surface area contributed by atoms with Crippen LogP contribution in [0.3, 0.4) is 0 Å². The van der Waals surface area contributed by atoms with Crippen molar-refractivity contribution in [2.75, 3.05) is 0 Å². The van der Waals surface area contributed by atoms with E-state index in [4.69, 9.17) is 28.3 Å². The molecular formula is C14H9Cl2FO2S. The Morgan fingerprint density at radius 3 is 2.65 bits per heavy atom. The summed E-state index contributed by atoms with van der Waals surface area (Å²) in [5.41, 5.74) is 0.498. The van der Waals surface area contributed by atoms with Crippen LogP contribution in [-0.2, 0) is 5.75 Å². The van der Waals surface area contributed by atoms with Gasteiger partial charge in [-0.3, -0.25) is 0 Å². The van der Waals surface area contributed by atoms with E-state index in [0.717, 1.165) is 0 Å². The van der Waals surface area contributed by atoms with Gasteiger partial charge in [-0.15, -0.1) is 11.8 Å². The molecule has 0 fully saturated rings.